The number of benzene rings is 2. The molecule has 18 heavy (non-hydrogen) atoms. The standard InChI is InChI=1S/C15H11BrFN/c1-9-2-7-13(16)15-14(9)12(8-18-15)10-3-5-11(17)6-4-10/h2-8,18H,1H3. The molecule has 1 N–H and O–H groups in total. The smallest absolute Gasteiger partial charge is 0.123 e. The first-order valence-electron chi connectivity index (χ1n) is 5.69. The van der Waals surface area contributed by atoms with Crippen molar-refractivity contribution in [2.45, 2.75) is 6.92 Å². The van der Waals surface area contributed by atoms with Crippen LogP contribution >= 0.6 is 15.9 Å². The van der Waals surface area contributed by atoms with E-state index in [1.165, 1.54) is 23.1 Å². The van der Waals surface area contributed by atoms with Gasteiger partial charge >= 0.3 is 0 Å². The second kappa shape index (κ2) is 4.25. The Bertz CT molecular complexity index is 713. The molecular formula is C15H11BrFN. The Hall–Kier alpha value is -1.61. The van der Waals surface area contributed by atoms with Crippen LogP contribution in [0, 0.1) is 12.7 Å². The van der Waals surface area contributed by atoms with Crippen LogP contribution in [0.5, 0.6) is 0 Å². The lowest BCUT2D eigenvalue weighted by molar-refractivity contribution is 0.628. The lowest BCUT2D eigenvalue weighted by Crippen LogP contribution is -1.81. The fourth-order valence-corrected chi connectivity index (χ4v) is 2.69. The molecular weight excluding hydrogens is 293 g/mol. The van der Waals surface area contributed by atoms with E-state index in [1.54, 1.807) is 12.1 Å². The number of aromatic amines is 1. The van der Waals surface area contributed by atoms with Gasteiger partial charge in [0.05, 0.1) is 5.52 Å². The van der Waals surface area contributed by atoms with E-state index in [1.807, 2.05) is 12.3 Å². The van der Waals surface area contributed by atoms with E-state index in [2.05, 4.69) is 33.9 Å². The van der Waals surface area contributed by atoms with Crippen LogP contribution in [0.1, 0.15) is 5.56 Å². The van der Waals surface area contributed by atoms with Gasteiger partial charge in [0.15, 0.2) is 0 Å². The summed E-state index contributed by atoms with van der Waals surface area (Å²) in [7, 11) is 0. The van der Waals surface area contributed by atoms with E-state index in [-0.39, 0.29) is 5.82 Å². The largest absolute Gasteiger partial charge is 0.360 e. The Morgan fingerprint density at radius 2 is 1.78 bits per heavy atom. The van der Waals surface area contributed by atoms with Crippen molar-refractivity contribution < 1.29 is 4.39 Å². The van der Waals surface area contributed by atoms with Crippen LogP contribution in [0.2, 0.25) is 0 Å². The SMILES string of the molecule is Cc1ccc(Br)c2[nH]cc(-c3ccc(F)cc3)c12. The highest BCUT2D eigenvalue weighted by atomic mass is 79.9. The molecule has 1 nitrogen and oxygen atoms in total. The van der Waals surface area contributed by atoms with Crippen molar-refractivity contribution in [2.75, 3.05) is 0 Å². The molecule has 0 amide bonds. The Kier molecular flexibility index (Phi) is 2.71. The first-order chi connectivity index (χ1) is 8.66. The molecule has 0 bridgehead atoms. The summed E-state index contributed by atoms with van der Waals surface area (Å²) in [5.41, 5.74) is 4.40. The van der Waals surface area contributed by atoms with Crippen LogP contribution in [-0.2, 0) is 0 Å². The Labute approximate surface area is 113 Å². The molecule has 0 aliphatic heterocycles. The fraction of sp³-hybridized carbons (Fsp3) is 0.0667. The number of nitrogens with one attached hydrogen (secondary N) is 1. The Balaban J connectivity index is 2.30. The van der Waals surface area contributed by atoms with Gasteiger partial charge in [0.1, 0.15) is 5.82 Å². The molecule has 0 saturated heterocycles. The molecule has 0 fully saturated rings. The quantitative estimate of drug-likeness (QED) is 0.648. The monoisotopic (exact) mass is 303 g/mol. The Morgan fingerprint density at radius 1 is 1.06 bits per heavy atom. The molecule has 3 aromatic rings. The highest BCUT2D eigenvalue weighted by molar-refractivity contribution is 9.10. The molecule has 90 valence electrons. The van der Waals surface area contributed by atoms with Crippen molar-refractivity contribution in [3.63, 3.8) is 0 Å². The fourth-order valence-electron chi connectivity index (χ4n) is 2.24. The number of rotatable bonds is 1. The van der Waals surface area contributed by atoms with Crippen molar-refractivity contribution in [2.24, 2.45) is 0 Å². The van der Waals surface area contributed by atoms with Crippen molar-refractivity contribution >= 4 is 26.8 Å². The number of hydrogen-bond donors (Lipinski definition) is 1. The molecule has 0 saturated carbocycles. The maximum Gasteiger partial charge on any atom is 0.123 e. The van der Waals surface area contributed by atoms with Crippen LogP contribution < -0.4 is 0 Å². The maximum absolute atomic E-state index is 13.0. The molecule has 1 heterocycles. The molecule has 0 radical (unpaired) electrons. The van der Waals surface area contributed by atoms with Crippen LogP contribution in [0.15, 0.2) is 47.1 Å². The third-order valence-electron chi connectivity index (χ3n) is 3.15. The third-order valence-corrected chi connectivity index (χ3v) is 3.81. The molecule has 1 aromatic heterocycles. The van der Waals surface area contributed by atoms with E-state index >= 15 is 0 Å². The molecule has 0 aliphatic rings. The summed E-state index contributed by atoms with van der Waals surface area (Å²) in [5.74, 6) is -0.212. The summed E-state index contributed by atoms with van der Waals surface area (Å²) in [4.78, 5) is 3.27. The molecule has 0 aliphatic carbocycles. The molecule has 2 aromatic carbocycles. The van der Waals surface area contributed by atoms with Crippen molar-refractivity contribution in [3.05, 3.63) is 58.4 Å². The van der Waals surface area contributed by atoms with Gasteiger partial charge in [-0.05, 0) is 52.2 Å². The van der Waals surface area contributed by atoms with E-state index in [9.17, 15) is 4.39 Å². The summed E-state index contributed by atoms with van der Waals surface area (Å²) in [5, 5.41) is 1.18. The zero-order valence-electron chi connectivity index (χ0n) is 9.80. The van der Waals surface area contributed by atoms with Crippen LogP contribution in [-0.4, -0.2) is 4.98 Å². The van der Waals surface area contributed by atoms with Gasteiger partial charge in [-0.15, -0.1) is 0 Å². The van der Waals surface area contributed by atoms with Gasteiger partial charge in [0.25, 0.3) is 0 Å². The van der Waals surface area contributed by atoms with Crippen LogP contribution in [0.4, 0.5) is 4.39 Å². The minimum absolute atomic E-state index is 0.212. The van der Waals surface area contributed by atoms with E-state index < -0.39 is 0 Å². The van der Waals surface area contributed by atoms with Crippen molar-refractivity contribution in [1.82, 2.24) is 4.98 Å². The lowest BCUT2D eigenvalue weighted by Gasteiger charge is -2.03. The van der Waals surface area contributed by atoms with Gasteiger partial charge in [-0.2, -0.15) is 0 Å². The molecule has 3 rings (SSSR count). The average Bonchev–Trinajstić information content (AvgIpc) is 2.81. The van der Waals surface area contributed by atoms with Crippen molar-refractivity contribution in [1.29, 1.82) is 0 Å². The van der Waals surface area contributed by atoms with Gasteiger partial charge in [0, 0.05) is 21.6 Å². The second-order valence-electron chi connectivity index (χ2n) is 4.32. The van der Waals surface area contributed by atoms with Gasteiger partial charge in [0.2, 0.25) is 0 Å². The zero-order chi connectivity index (χ0) is 12.7. The number of fused-ring (bicyclic) bond motifs is 1. The van der Waals surface area contributed by atoms with E-state index in [4.69, 9.17) is 0 Å². The summed E-state index contributed by atoms with van der Waals surface area (Å²) in [6.07, 6.45) is 1.97. The summed E-state index contributed by atoms with van der Waals surface area (Å²) >= 11 is 3.54. The van der Waals surface area contributed by atoms with Crippen molar-refractivity contribution in [3.8, 4) is 11.1 Å². The molecule has 0 unspecified atom stereocenters. The highest BCUT2D eigenvalue weighted by Gasteiger charge is 2.10. The second-order valence-corrected chi connectivity index (χ2v) is 5.18. The average molecular weight is 304 g/mol. The number of aromatic nitrogens is 1. The van der Waals surface area contributed by atoms with E-state index in [0.29, 0.717) is 0 Å². The van der Waals surface area contributed by atoms with Gasteiger partial charge in [-0.1, -0.05) is 18.2 Å². The van der Waals surface area contributed by atoms with E-state index in [0.717, 1.165) is 21.1 Å². The lowest BCUT2D eigenvalue weighted by atomic mass is 10.0. The topological polar surface area (TPSA) is 15.8 Å². The summed E-state index contributed by atoms with van der Waals surface area (Å²) in [6, 6.07) is 10.7. The number of H-pyrrole nitrogens is 1. The number of halogens is 2. The zero-order valence-corrected chi connectivity index (χ0v) is 11.4. The summed E-state index contributed by atoms with van der Waals surface area (Å²) < 4.78 is 14.0. The summed E-state index contributed by atoms with van der Waals surface area (Å²) in [6.45, 7) is 2.08. The normalized spacial score (nSPS) is 11.1. The predicted molar refractivity (Wildman–Crippen MR) is 76.1 cm³/mol. The van der Waals surface area contributed by atoms with Gasteiger partial charge < -0.3 is 4.98 Å². The van der Waals surface area contributed by atoms with Gasteiger partial charge in [-0.25, -0.2) is 4.39 Å². The Morgan fingerprint density at radius 3 is 2.50 bits per heavy atom. The minimum atomic E-state index is -0.212. The third kappa shape index (κ3) is 1.75. The van der Waals surface area contributed by atoms with Crippen LogP contribution in [0.3, 0.4) is 0 Å². The molecule has 0 atom stereocenters. The van der Waals surface area contributed by atoms with Crippen LogP contribution in [0.25, 0.3) is 22.0 Å². The number of aryl methyl sites for hydroxylation is 1. The van der Waals surface area contributed by atoms with Gasteiger partial charge in [-0.3, -0.25) is 0 Å². The molecule has 0 spiro atoms. The first-order valence-corrected chi connectivity index (χ1v) is 6.48. The predicted octanol–water partition coefficient (Wildman–Crippen LogP) is 5.04. The highest BCUT2D eigenvalue weighted by Crippen LogP contribution is 2.34. The molecule has 3 heteroatoms. The minimum Gasteiger partial charge on any atom is -0.360 e. The first kappa shape index (κ1) is 11.5. The maximum atomic E-state index is 13.0. The number of hydrogen-bond acceptors (Lipinski definition) is 0.